The molecule has 0 aliphatic rings. The van der Waals surface area contributed by atoms with E-state index in [1.54, 1.807) is 12.1 Å². The van der Waals surface area contributed by atoms with E-state index in [1.165, 1.54) is 11.6 Å². The van der Waals surface area contributed by atoms with Crippen LogP contribution in [0.2, 0.25) is 0 Å². The van der Waals surface area contributed by atoms with Crippen LogP contribution in [0.5, 0.6) is 0 Å². The first-order valence-electron chi connectivity index (χ1n) is 9.75. The minimum Gasteiger partial charge on any atom is -0.478 e. The van der Waals surface area contributed by atoms with Gasteiger partial charge in [0.2, 0.25) is 0 Å². The zero-order chi connectivity index (χ0) is 21.3. The summed E-state index contributed by atoms with van der Waals surface area (Å²) in [5.74, 6) is -0.991. The van der Waals surface area contributed by atoms with Gasteiger partial charge in [-0.05, 0) is 47.5 Å². The van der Waals surface area contributed by atoms with Gasteiger partial charge in [0, 0.05) is 25.3 Å². The molecule has 0 amide bonds. The first kappa shape index (κ1) is 21.3. The Kier molecular flexibility index (Phi) is 7.40. The Hall–Kier alpha value is -3.38. The molecule has 0 saturated carbocycles. The molecular formula is C24H25N3O2S. The lowest BCUT2D eigenvalue weighted by Gasteiger charge is -2.27. The standard InChI is InChI=1S/C24H25N3O2S/c25-22-15-20(23(28)29)11-12-21(22)17-27(14-13-18-7-3-1-4-8-18)24(30)26-16-19-9-5-2-6-10-19/h1-12,15H,13-14,16-17,25H2,(H,26,30)(H,28,29). The van der Waals surface area contributed by atoms with E-state index in [2.05, 4.69) is 22.3 Å². The minimum absolute atomic E-state index is 0.178. The number of carboxylic acids is 1. The summed E-state index contributed by atoms with van der Waals surface area (Å²) in [5, 5.41) is 13.1. The fourth-order valence-corrected chi connectivity index (χ4v) is 3.35. The maximum atomic E-state index is 11.2. The summed E-state index contributed by atoms with van der Waals surface area (Å²) in [4.78, 5) is 13.2. The first-order valence-corrected chi connectivity index (χ1v) is 10.2. The van der Waals surface area contributed by atoms with Crippen LogP contribution in [0.3, 0.4) is 0 Å². The number of hydrogen-bond acceptors (Lipinski definition) is 3. The van der Waals surface area contributed by atoms with Gasteiger partial charge in [0.1, 0.15) is 0 Å². The molecule has 0 spiro atoms. The number of hydrogen-bond donors (Lipinski definition) is 3. The summed E-state index contributed by atoms with van der Waals surface area (Å²) in [7, 11) is 0. The lowest BCUT2D eigenvalue weighted by atomic mass is 10.1. The van der Waals surface area contributed by atoms with E-state index in [1.807, 2.05) is 48.5 Å². The Morgan fingerprint density at radius 3 is 2.20 bits per heavy atom. The monoisotopic (exact) mass is 419 g/mol. The molecule has 0 fully saturated rings. The van der Waals surface area contributed by atoms with Gasteiger partial charge >= 0.3 is 5.97 Å². The maximum Gasteiger partial charge on any atom is 0.335 e. The number of rotatable bonds is 8. The van der Waals surface area contributed by atoms with Crippen molar-refractivity contribution in [3.8, 4) is 0 Å². The van der Waals surface area contributed by atoms with Crippen LogP contribution in [-0.2, 0) is 19.5 Å². The third kappa shape index (κ3) is 6.06. The molecule has 0 atom stereocenters. The zero-order valence-electron chi connectivity index (χ0n) is 16.6. The zero-order valence-corrected chi connectivity index (χ0v) is 17.4. The number of nitrogens with one attached hydrogen (secondary N) is 1. The van der Waals surface area contributed by atoms with Crippen molar-refractivity contribution >= 4 is 29.0 Å². The number of nitrogens with two attached hydrogens (primary N) is 1. The highest BCUT2D eigenvalue weighted by atomic mass is 32.1. The molecule has 3 rings (SSSR count). The molecule has 0 aromatic heterocycles. The van der Waals surface area contributed by atoms with E-state index >= 15 is 0 Å². The van der Waals surface area contributed by atoms with Crippen molar-refractivity contribution in [2.75, 3.05) is 12.3 Å². The van der Waals surface area contributed by atoms with Crippen LogP contribution in [0.4, 0.5) is 5.69 Å². The Labute approximate surface area is 182 Å². The second kappa shape index (κ2) is 10.4. The highest BCUT2D eigenvalue weighted by molar-refractivity contribution is 7.80. The van der Waals surface area contributed by atoms with Crippen molar-refractivity contribution in [3.05, 3.63) is 101 Å². The topological polar surface area (TPSA) is 78.6 Å². The predicted octanol–water partition coefficient (Wildman–Crippen LogP) is 4.09. The molecule has 6 heteroatoms. The average Bonchev–Trinajstić information content (AvgIpc) is 2.77. The van der Waals surface area contributed by atoms with Crippen LogP contribution < -0.4 is 11.1 Å². The first-order chi connectivity index (χ1) is 14.5. The Balaban J connectivity index is 1.72. The number of carboxylic acid groups (broad SMARTS) is 1. The van der Waals surface area contributed by atoms with Gasteiger partial charge in [-0.25, -0.2) is 4.79 Å². The van der Waals surface area contributed by atoms with E-state index in [0.717, 1.165) is 17.5 Å². The van der Waals surface area contributed by atoms with Crippen molar-refractivity contribution < 1.29 is 9.90 Å². The van der Waals surface area contributed by atoms with Crippen molar-refractivity contribution in [2.45, 2.75) is 19.5 Å². The number of aromatic carboxylic acids is 1. The van der Waals surface area contributed by atoms with Gasteiger partial charge in [0.15, 0.2) is 5.11 Å². The van der Waals surface area contributed by atoms with Gasteiger partial charge in [-0.1, -0.05) is 66.7 Å². The molecule has 154 valence electrons. The quantitative estimate of drug-likeness (QED) is 0.377. The molecule has 0 aliphatic carbocycles. The van der Waals surface area contributed by atoms with Gasteiger partial charge < -0.3 is 21.1 Å². The van der Waals surface area contributed by atoms with Gasteiger partial charge in [-0.15, -0.1) is 0 Å². The van der Waals surface area contributed by atoms with Crippen molar-refractivity contribution in [1.29, 1.82) is 0 Å². The van der Waals surface area contributed by atoms with Gasteiger partial charge in [0.25, 0.3) is 0 Å². The highest BCUT2D eigenvalue weighted by Gasteiger charge is 2.14. The van der Waals surface area contributed by atoms with Crippen LogP contribution in [0.25, 0.3) is 0 Å². The van der Waals surface area contributed by atoms with Crippen LogP contribution in [0, 0.1) is 0 Å². The normalized spacial score (nSPS) is 10.4. The van der Waals surface area contributed by atoms with E-state index < -0.39 is 5.97 Å². The fraction of sp³-hybridized carbons (Fsp3) is 0.167. The number of thiocarbonyl (C=S) groups is 1. The molecule has 0 saturated heterocycles. The Morgan fingerprint density at radius 2 is 1.60 bits per heavy atom. The molecule has 3 aromatic carbocycles. The second-order valence-corrected chi connectivity index (χ2v) is 7.41. The summed E-state index contributed by atoms with van der Waals surface area (Å²) in [6, 6.07) is 25.1. The van der Waals surface area contributed by atoms with Gasteiger partial charge in [0.05, 0.1) is 5.56 Å². The Bertz CT molecular complexity index is 994. The molecule has 5 nitrogen and oxygen atoms in total. The molecule has 0 radical (unpaired) electrons. The second-order valence-electron chi connectivity index (χ2n) is 7.02. The summed E-state index contributed by atoms with van der Waals surface area (Å²) >= 11 is 5.68. The van der Waals surface area contributed by atoms with Gasteiger partial charge in [-0.3, -0.25) is 0 Å². The number of carbonyl (C=O) groups is 1. The van der Waals surface area contributed by atoms with E-state index in [4.69, 9.17) is 23.1 Å². The average molecular weight is 420 g/mol. The molecule has 0 aliphatic heterocycles. The Morgan fingerprint density at radius 1 is 0.967 bits per heavy atom. The number of nitrogens with zero attached hydrogens (tertiary/aromatic N) is 1. The SMILES string of the molecule is Nc1cc(C(=O)O)ccc1CN(CCc1ccccc1)C(=S)NCc1ccccc1. The third-order valence-corrected chi connectivity index (χ3v) is 5.24. The molecule has 3 aromatic rings. The molecule has 0 heterocycles. The summed E-state index contributed by atoms with van der Waals surface area (Å²) in [6.07, 6.45) is 0.834. The third-order valence-electron chi connectivity index (χ3n) is 4.84. The molecule has 0 bridgehead atoms. The number of benzene rings is 3. The smallest absolute Gasteiger partial charge is 0.335 e. The fourth-order valence-electron chi connectivity index (χ4n) is 3.12. The van der Waals surface area contributed by atoms with Crippen molar-refractivity contribution in [2.24, 2.45) is 0 Å². The van der Waals surface area contributed by atoms with Gasteiger partial charge in [-0.2, -0.15) is 0 Å². The molecule has 4 N–H and O–H groups in total. The van der Waals surface area contributed by atoms with Crippen LogP contribution in [0.1, 0.15) is 27.0 Å². The minimum atomic E-state index is -0.991. The predicted molar refractivity (Wildman–Crippen MR) is 124 cm³/mol. The molecular weight excluding hydrogens is 394 g/mol. The van der Waals surface area contributed by atoms with E-state index in [-0.39, 0.29) is 5.56 Å². The lowest BCUT2D eigenvalue weighted by Crippen LogP contribution is -2.40. The summed E-state index contributed by atoms with van der Waals surface area (Å²) in [6.45, 7) is 1.85. The molecule has 0 unspecified atom stereocenters. The number of anilines is 1. The largest absolute Gasteiger partial charge is 0.478 e. The number of nitrogen functional groups attached to an aromatic ring is 1. The van der Waals surface area contributed by atoms with E-state index in [9.17, 15) is 4.79 Å². The van der Waals surface area contributed by atoms with Crippen molar-refractivity contribution in [1.82, 2.24) is 10.2 Å². The lowest BCUT2D eigenvalue weighted by molar-refractivity contribution is 0.0697. The van der Waals surface area contributed by atoms with Crippen molar-refractivity contribution in [3.63, 3.8) is 0 Å². The van der Waals surface area contributed by atoms with Crippen LogP contribution >= 0.6 is 12.2 Å². The summed E-state index contributed by atoms with van der Waals surface area (Å²) < 4.78 is 0. The van der Waals surface area contributed by atoms with E-state index in [0.29, 0.717) is 30.4 Å². The maximum absolute atomic E-state index is 11.2. The highest BCUT2D eigenvalue weighted by Crippen LogP contribution is 2.17. The molecule has 30 heavy (non-hydrogen) atoms. The summed E-state index contributed by atoms with van der Waals surface area (Å²) in [5.41, 5.74) is 9.97. The van der Waals surface area contributed by atoms with Crippen LogP contribution in [-0.4, -0.2) is 27.6 Å². The van der Waals surface area contributed by atoms with Crippen LogP contribution in [0.15, 0.2) is 78.9 Å².